The summed E-state index contributed by atoms with van der Waals surface area (Å²) in [6.07, 6.45) is 9.62. The Morgan fingerprint density at radius 2 is 1.84 bits per heavy atom. The van der Waals surface area contributed by atoms with Gasteiger partial charge < -0.3 is 4.74 Å². The molecule has 0 saturated carbocycles. The van der Waals surface area contributed by atoms with Crippen molar-refractivity contribution in [1.82, 2.24) is 0 Å². The van der Waals surface area contributed by atoms with Crippen LogP contribution in [0.25, 0.3) is 0 Å². The van der Waals surface area contributed by atoms with Crippen LogP contribution in [-0.2, 0) is 9.84 Å². The predicted molar refractivity (Wildman–Crippen MR) is 77.0 cm³/mol. The van der Waals surface area contributed by atoms with Crippen LogP contribution in [0, 0.1) is 12.3 Å². The van der Waals surface area contributed by atoms with Crippen molar-refractivity contribution in [2.75, 3.05) is 12.4 Å². The highest BCUT2D eigenvalue weighted by Gasteiger charge is 2.12. The molecular formula is C15H20O3S. The van der Waals surface area contributed by atoms with E-state index in [1.807, 2.05) is 0 Å². The molecule has 0 bridgehead atoms. The number of sulfone groups is 1. The standard InChI is InChI=1S/C15H20O3S/c1-3-5-6-7-12-18-14-8-10-15(11-9-14)19(16,17)13-4-2/h2,8-11H,3,5-7,12-13H2,1H3. The van der Waals surface area contributed by atoms with Crippen molar-refractivity contribution in [1.29, 1.82) is 0 Å². The Labute approximate surface area is 115 Å². The maximum absolute atomic E-state index is 11.7. The predicted octanol–water partition coefficient (Wildman–Crippen LogP) is 3.05. The number of ether oxygens (including phenoxy) is 1. The SMILES string of the molecule is C#CCS(=O)(=O)c1ccc(OCCCCCC)cc1. The Morgan fingerprint density at radius 3 is 2.42 bits per heavy atom. The van der Waals surface area contributed by atoms with E-state index in [0.717, 1.165) is 12.8 Å². The van der Waals surface area contributed by atoms with Gasteiger partial charge in [-0.15, -0.1) is 6.42 Å². The molecular weight excluding hydrogens is 260 g/mol. The summed E-state index contributed by atoms with van der Waals surface area (Å²) in [5.74, 6) is 2.57. The van der Waals surface area contributed by atoms with Crippen molar-refractivity contribution >= 4 is 9.84 Å². The van der Waals surface area contributed by atoms with Crippen LogP contribution in [0.4, 0.5) is 0 Å². The molecule has 0 aliphatic rings. The molecule has 0 radical (unpaired) electrons. The maximum atomic E-state index is 11.7. The molecule has 104 valence electrons. The monoisotopic (exact) mass is 280 g/mol. The van der Waals surface area contributed by atoms with Gasteiger partial charge in [0.2, 0.25) is 0 Å². The van der Waals surface area contributed by atoms with Crippen molar-refractivity contribution in [2.24, 2.45) is 0 Å². The average molecular weight is 280 g/mol. The van der Waals surface area contributed by atoms with Crippen LogP contribution < -0.4 is 4.74 Å². The average Bonchev–Trinajstić information content (AvgIpc) is 2.39. The van der Waals surface area contributed by atoms with E-state index in [-0.39, 0.29) is 10.6 Å². The first-order valence-corrected chi connectivity index (χ1v) is 8.14. The second-order valence-corrected chi connectivity index (χ2v) is 6.33. The van der Waals surface area contributed by atoms with Gasteiger partial charge in [0, 0.05) is 0 Å². The number of hydrogen-bond acceptors (Lipinski definition) is 3. The minimum atomic E-state index is -3.35. The summed E-state index contributed by atoms with van der Waals surface area (Å²) in [7, 11) is -3.35. The molecule has 0 aliphatic carbocycles. The van der Waals surface area contributed by atoms with Crippen molar-refractivity contribution in [3.05, 3.63) is 24.3 Å². The Balaban J connectivity index is 2.51. The van der Waals surface area contributed by atoms with Crippen LogP contribution in [0.1, 0.15) is 32.6 Å². The molecule has 0 aromatic heterocycles. The minimum Gasteiger partial charge on any atom is -0.494 e. The van der Waals surface area contributed by atoms with Crippen LogP contribution in [-0.4, -0.2) is 20.8 Å². The number of unbranched alkanes of at least 4 members (excludes halogenated alkanes) is 3. The Hall–Kier alpha value is -1.47. The first-order chi connectivity index (χ1) is 9.10. The fourth-order valence-electron chi connectivity index (χ4n) is 1.66. The fraction of sp³-hybridized carbons (Fsp3) is 0.467. The first-order valence-electron chi connectivity index (χ1n) is 6.49. The van der Waals surface area contributed by atoms with Gasteiger partial charge in [-0.2, -0.15) is 0 Å². The first kappa shape index (κ1) is 15.6. The molecule has 0 spiro atoms. The molecule has 0 saturated heterocycles. The van der Waals surface area contributed by atoms with Gasteiger partial charge in [0.25, 0.3) is 0 Å². The third-order valence-electron chi connectivity index (χ3n) is 2.72. The van der Waals surface area contributed by atoms with Gasteiger partial charge in [-0.3, -0.25) is 0 Å². The maximum Gasteiger partial charge on any atom is 0.189 e. The van der Waals surface area contributed by atoms with E-state index >= 15 is 0 Å². The van der Waals surface area contributed by atoms with E-state index < -0.39 is 9.84 Å². The minimum absolute atomic E-state index is 0.240. The second-order valence-electron chi connectivity index (χ2n) is 4.34. The number of benzene rings is 1. The molecule has 4 heteroatoms. The topological polar surface area (TPSA) is 43.4 Å². The molecule has 19 heavy (non-hydrogen) atoms. The summed E-state index contributed by atoms with van der Waals surface area (Å²) in [4.78, 5) is 0.240. The summed E-state index contributed by atoms with van der Waals surface area (Å²) < 4.78 is 28.9. The smallest absolute Gasteiger partial charge is 0.189 e. The highest BCUT2D eigenvalue weighted by atomic mass is 32.2. The summed E-state index contributed by atoms with van der Waals surface area (Å²) in [6, 6.07) is 6.41. The van der Waals surface area contributed by atoms with Crippen LogP contribution in [0.3, 0.4) is 0 Å². The van der Waals surface area contributed by atoms with E-state index in [1.54, 1.807) is 12.1 Å². The van der Waals surface area contributed by atoms with Gasteiger partial charge in [-0.05, 0) is 30.7 Å². The molecule has 3 nitrogen and oxygen atoms in total. The molecule has 1 rings (SSSR count). The van der Waals surface area contributed by atoms with Crippen molar-refractivity contribution in [3.8, 4) is 18.1 Å². The lowest BCUT2D eigenvalue weighted by molar-refractivity contribution is 0.305. The van der Waals surface area contributed by atoms with E-state index in [2.05, 4.69) is 12.8 Å². The van der Waals surface area contributed by atoms with Gasteiger partial charge in [-0.1, -0.05) is 32.1 Å². The number of hydrogen-bond donors (Lipinski definition) is 0. The lowest BCUT2D eigenvalue weighted by Crippen LogP contribution is -2.05. The quantitative estimate of drug-likeness (QED) is 0.543. The molecule has 0 amide bonds. The van der Waals surface area contributed by atoms with E-state index in [0.29, 0.717) is 12.4 Å². The largest absolute Gasteiger partial charge is 0.494 e. The summed E-state index contributed by atoms with van der Waals surface area (Å²) in [5.41, 5.74) is 0. The van der Waals surface area contributed by atoms with Crippen LogP contribution in [0.15, 0.2) is 29.2 Å². The lowest BCUT2D eigenvalue weighted by atomic mass is 10.2. The van der Waals surface area contributed by atoms with Gasteiger partial charge in [0.1, 0.15) is 11.5 Å². The van der Waals surface area contributed by atoms with Crippen molar-refractivity contribution in [3.63, 3.8) is 0 Å². The molecule has 0 fully saturated rings. The molecule has 0 heterocycles. The third-order valence-corrected chi connectivity index (χ3v) is 4.26. The second kappa shape index (κ2) is 7.85. The molecule has 0 unspecified atom stereocenters. The van der Waals surface area contributed by atoms with Crippen LogP contribution in [0.2, 0.25) is 0 Å². The van der Waals surface area contributed by atoms with Crippen LogP contribution >= 0.6 is 0 Å². The van der Waals surface area contributed by atoms with E-state index in [1.165, 1.54) is 25.0 Å². The van der Waals surface area contributed by atoms with Gasteiger partial charge in [0.05, 0.1) is 11.5 Å². The van der Waals surface area contributed by atoms with Gasteiger partial charge in [-0.25, -0.2) is 8.42 Å². The lowest BCUT2D eigenvalue weighted by Gasteiger charge is -2.07. The molecule has 0 aliphatic heterocycles. The molecule has 0 N–H and O–H groups in total. The Morgan fingerprint density at radius 1 is 1.16 bits per heavy atom. The molecule has 1 aromatic carbocycles. The van der Waals surface area contributed by atoms with E-state index in [9.17, 15) is 8.42 Å². The van der Waals surface area contributed by atoms with Crippen molar-refractivity contribution in [2.45, 2.75) is 37.5 Å². The van der Waals surface area contributed by atoms with Crippen molar-refractivity contribution < 1.29 is 13.2 Å². The summed E-state index contributed by atoms with van der Waals surface area (Å²) in [5, 5.41) is 0. The highest BCUT2D eigenvalue weighted by Crippen LogP contribution is 2.17. The zero-order valence-electron chi connectivity index (χ0n) is 11.3. The number of rotatable bonds is 8. The molecule has 0 atom stereocenters. The van der Waals surface area contributed by atoms with Crippen LogP contribution in [0.5, 0.6) is 5.75 Å². The number of terminal acetylenes is 1. The normalized spacial score (nSPS) is 10.9. The third kappa shape index (κ3) is 5.35. The highest BCUT2D eigenvalue weighted by molar-refractivity contribution is 7.91. The Bertz CT molecular complexity index is 509. The summed E-state index contributed by atoms with van der Waals surface area (Å²) >= 11 is 0. The Kier molecular flexibility index (Phi) is 6.44. The zero-order valence-corrected chi connectivity index (χ0v) is 12.1. The fourth-order valence-corrected chi connectivity index (χ4v) is 2.59. The summed E-state index contributed by atoms with van der Waals surface area (Å²) in [6.45, 7) is 2.83. The van der Waals surface area contributed by atoms with E-state index in [4.69, 9.17) is 11.2 Å². The molecule has 1 aromatic rings. The van der Waals surface area contributed by atoms with Gasteiger partial charge in [0.15, 0.2) is 9.84 Å². The zero-order chi connectivity index (χ0) is 14.1. The van der Waals surface area contributed by atoms with Gasteiger partial charge >= 0.3 is 0 Å².